The zero-order valence-electron chi connectivity index (χ0n) is 10.3. The van der Waals surface area contributed by atoms with Crippen molar-refractivity contribution in [3.8, 4) is 0 Å². The molecule has 0 amide bonds. The quantitative estimate of drug-likeness (QED) is 0.637. The lowest BCUT2D eigenvalue weighted by molar-refractivity contribution is -0.145. The molecule has 2 rings (SSSR count). The van der Waals surface area contributed by atoms with Crippen LogP contribution < -0.4 is 10.6 Å². The van der Waals surface area contributed by atoms with Crippen LogP contribution in [0.3, 0.4) is 0 Å². The average molecular weight is 234 g/mol. The van der Waals surface area contributed by atoms with E-state index < -0.39 is 0 Å². The molecule has 1 aliphatic heterocycles. The molecule has 2 N–H and O–H groups in total. The molecule has 0 aliphatic carbocycles. The van der Waals surface area contributed by atoms with Gasteiger partial charge in [-0.25, -0.2) is 0 Å². The highest BCUT2D eigenvalue weighted by molar-refractivity contribution is 5.79. The van der Waals surface area contributed by atoms with Crippen molar-refractivity contribution in [1.29, 1.82) is 0 Å². The van der Waals surface area contributed by atoms with Gasteiger partial charge in [0.25, 0.3) is 0 Å². The summed E-state index contributed by atoms with van der Waals surface area (Å²) in [5, 5.41) is 0. The summed E-state index contributed by atoms with van der Waals surface area (Å²) in [6, 6.07) is 5.82. The maximum absolute atomic E-state index is 11.6. The number of fused-ring (bicyclic) bond motifs is 1. The summed E-state index contributed by atoms with van der Waals surface area (Å²) in [7, 11) is 0. The van der Waals surface area contributed by atoms with Gasteiger partial charge in [0, 0.05) is 23.5 Å². The van der Waals surface area contributed by atoms with E-state index in [2.05, 4.69) is 0 Å². The lowest BCUT2D eigenvalue weighted by atomic mass is 10.1. The Morgan fingerprint density at radius 3 is 3.00 bits per heavy atom. The van der Waals surface area contributed by atoms with Gasteiger partial charge in [-0.2, -0.15) is 0 Å². The van der Waals surface area contributed by atoms with Crippen LogP contribution in [0.4, 0.5) is 11.4 Å². The van der Waals surface area contributed by atoms with E-state index in [1.165, 1.54) is 0 Å². The molecule has 0 saturated heterocycles. The molecule has 17 heavy (non-hydrogen) atoms. The molecule has 0 spiro atoms. The molecule has 0 unspecified atom stereocenters. The predicted octanol–water partition coefficient (Wildman–Crippen LogP) is 1.58. The Morgan fingerprint density at radius 2 is 2.29 bits per heavy atom. The number of hydrogen-bond acceptors (Lipinski definition) is 4. The maximum atomic E-state index is 11.6. The summed E-state index contributed by atoms with van der Waals surface area (Å²) in [5.41, 5.74) is 8.91. The minimum Gasteiger partial charge on any atom is -0.462 e. The molecule has 0 bridgehead atoms. The molecule has 4 nitrogen and oxygen atoms in total. The van der Waals surface area contributed by atoms with E-state index in [0.717, 1.165) is 29.9 Å². The first-order chi connectivity index (χ1) is 8.08. The first-order valence-corrected chi connectivity index (χ1v) is 5.89. The van der Waals surface area contributed by atoms with Gasteiger partial charge >= 0.3 is 5.97 Å². The topological polar surface area (TPSA) is 55.6 Å². The Labute approximate surface area is 101 Å². The van der Waals surface area contributed by atoms with Gasteiger partial charge in [-0.1, -0.05) is 6.07 Å². The highest BCUT2D eigenvalue weighted by Crippen LogP contribution is 2.31. The third-order valence-corrected chi connectivity index (χ3v) is 2.85. The zero-order chi connectivity index (χ0) is 12.4. The van der Waals surface area contributed by atoms with Gasteiger partial charge < -0.3 is 15.4 Å². The van der Waals surface area contributed by atoms with E-state index in [1.54, 1.807) is 0 Å². The van der Waals surface area contributed by atoms with Crippen molar-refractivity contribution in [1.82, 2.24) is 0 Å². The predicted molar refractivity (Wildman–Crippen MR) is 68.0 cm³/mol. The Bertz CT molecular complexity index is 429. The molecular formula is C13H18N2O2. The van der Waals surface area contributed by atoms with Gasteiger partial charge in [-0.15, -0.1) is 0 Å². The summed E-state index contributed by atoms with van der Waals surface area (Å²) in [6.07, 6.45) is 0.835. The molecule has 0 atom stereocenters. The number of esters is 1. The van der Waals surface area contributed by atoms with Crippen molar-refractivity contribution in [2.45, 2.75) is 26.4 Å². The van der Waals surface area contributed by atoms with E-state index >= 15 is 0 Å². The molecule has 1 aliphatic rings. The third kappa shape index (κ3) is 2.52. The summed E-state index contributed by atoms with van der Waals surface area (Å²) in [5.74, 6) is -0.185. The standard InChI is InChI=1S/C13H18N2O2/c1-9(2)17-13(16)8-15-7-6-10-11(14)4-3-5-12(10)15/h3-5,9H,6-8,14H2,1-2H3. The number of carbonyl (C=O) groups excluding carboxylic acids is 1. The minimum absolute atomic E-state index is 0.0644. The average Bonchev–Trinajstić information content (AvgIpc) is 2.62. The molecule has 1 aromatic carbocycles. The van der Waals surface area contributed by atoms with Crippen LogP contribution in [-0.2, 0) is 16.0 Å². The van der Waals surface area contributed by atoms with Crippen LogP contribution >= 0.6 is 0 Å². The van der Waals surface area contributed by atoms with Gasteiger partial charge in [0.1, 0.15) is 6.54 Å². The van der Waals surface area contributed by atoms with Crippen LogP contribution in [0.15, 0.2) is 18.2 Å². The van der Waals surface area contributed by atoms with Gasteiger partial charge in [0.05, 0.1) is 6.10 Å². The number of nitrogens with zero attached hydrogens (tertiary/aromatic N) is 1. The van der Waals surface area contributed by atoms with Crippen molar-refractivity contribution in [2.75, 3.05) is 23.7 Å². The first-order valence-electron chi connectivity index (χ1n) is 5.89. The highest BCUT2D eigenvalue weighted by atomic mass is 16.5. The Hall–Kier alpha value is -1.71. The molecule has 0 radical (unpaired) electrons. The minimum atomic E-state index is -0.185. The van der Waals surface area contributed by atoms with Crippen molar-refractivity contribution >= 4 is 17.3 Å². The summed E-state index contributed by atoms with van der Waals surface area (Å²) in [6.45, 7) is 4.84. The van der Waals surface area contributed by atoms with Gasteiger partial charge in [-0.3, -0.25) is 4.79 Å². The van der Waals surface area contributed by atoms with Gasteiger partial charge in [0.15, 0.2) is 0 Å². The van der Waals surface area contributed by atoms with Crippen molar-refractivity contribution in [3.05, 3.63) is 23.8 Å². The monoisotopic (exact) mass is 234 g/mol. The second kappa shape index (κ2) is 4.65. The number of carbonyl (C=O) groups is 1. The van der Waals surface area contributed by atoms with Gasteiger partial charge in [0.2, 0.25) is 0 Å². The second-order valence-corrected chi connectivity index (χ2v) is 4.56. The number of anilines is 2. The number of ether oxygens (including phenoxy) is 1. The maximum Gasteiger partial charge on any atom is 0.325 e. The SMILES string of the molecule is CC(C)OC(=O)CN1CCc2c(N)cccc21. The van der Waals surface area contributed by atoms with Crippen molar-refractivity contribution < 1.29 is 9.53 Å². The fraction of sp³-hybridized carbons (Fsp3) is 0.462. The number of nitrogen functional groups attached to an aromatic ring is 1. The molecule has 4 heteroatoms. The molecule has 0 aromatic heterocycles. The van der Waals surface area contributed by atoms with E-state index in [4.69, 9.17) is 10.5 Å². The summed E-state index contributed by atoms with van der Waals surface area (Å²) < 4.78 is 5.15. The Balaban J connectivity index is 2.07. The van der Waals surface area contributed by atoms with Gasteiger partial charge in [-0.05, 0) is 32.4 Å². The smallest absolute Gasteiger partial charge is 0.325 e. The van der Waals surface area contributed by atoms with E-state index in [1.807, 2.05) is 36.9 Å². The molecule has 0 fully saturated rings. The van der Waals surface area contributed by atoms with Crippen LogP contribution in [0.2, 0.25) is 0 Å². The lowest BCUT2D eigenvalue weighted by Crippen LogP contribution is -2.30. The van der Waals surface area contributed by atoms with Crippen molar-refractivity contribution in [2.24, 2.45) is 0 Å². The van der Waals surface area contributed by atoms with Crippen LogP contribution in [-0.4, -0.2) is 25.2 Å². The number of benzene rings is 1. The fourth-order valence-corrected chi connectivity index (χ4v) is 2.15. The third-order valence-electron chi connectivity index (χ3n) is 2.85. The van der Waals surface area contributed by atoms with E-state index in [0.29, 0.717) is 6.54 Å². The normalized spacial score (nSPS) is 13.9. The molecular weight excluding hydrogens is 216 g/mol. The summed E-state index contributed by atoms with van der Waals surface area (Å²) in [4.78, 5) is 13.6. The molecule has 0 saturated carbocycles. The van der Waals surface area contributed by atoms with Crippen LogP contribution in [0.5, 0.6) is 0 Å². The van der Waals surface area contributed by atoms with Crippen molar-refractivity contribution in [3.63, 3.8) is 0 Å². The summed E-state index contributed by atoms with van der Waals surface area (Å²) >= 11 is 0. The Morgan fingerprint density at radius 1 is 1.53 bits per heavy atom. The lowest BCUT2D eigenvalue weighted by Gasteiger charge is -2.19. The van der Waals surface area contributed by atoms with E-state index in [9.17, 15) is 4.79 Å². The molecule has 1 heterocycles. The van der Waals surface area contributed by atoms with Crippen LogP contribution in [0.1, 0.15) is 19.4 Å². The van der Waals surface area contributed by atoms with Crippen LogP contribution in [0, 0.1) is 0 Å². The Kier molecular flexibility index (Phi) is 3.22. The second-order valence-electron chi connectivity index (χ2n) is 4.56. The number of nitrogens with two attached hydrogens (primary N) is 1. The number of hydrogen-bond donors (Lipinski definition) is 1. The van der Waals surface area contributed by atoms with E-state index in [-0.39, 0.29) is 12.1 Å². The number of rotatable bonds is 3. The largest absolute Gasteiger partial charge is 0.462 e. The highest BCUT2D eigenvalue weighted by Gasteiger charge is 2.23. The molecule has 92 valence electrons. The first kappa shape index (κ1) is 11.8. The fourth-order valence-electron chi connectivity index (χ4n) is 2.15. The van der Waals surface area contributed by atoms with Crippen LogP contribution in [0.25, 0.3) is 0 Å². The molecule has 1 aromatic rings. The zero-order valence-corrected chi connectivity index (χ0v) is 10.3.